The van der Waals surface area contributed by atoms with Crippen LogP contribution in [0.15, 0.2) is 94.7 Å². The van der Waals surface area contributed by atoms with Crippen LogP contribution >= 0.6 is 11.8 Å². The number of methoxy groups -OCH3 is 1. The van der Waals surface area contributed by atoms with Crippen LogP contribution in [-0.4, -0.2) is 13.2 Å². The quantitative estimate of drug-likeness (QED) is 0.614. The maximum Gasteiger partial charge on any atom is 0.413 e. The third-order valence-corrected chi connectivity index (χ3v) is 5.55. The molecule has 5 heteroatoms. The minimum absolute atomic E-state index is 0.312. The zero-order valence-corrected chi connectivity index (χ0v) is 16.1. The van der Waals surface area contributed by atoms with E-state index in [1.807, 2.05) is 84.9 Å². The summed E-state index contributed by atoms with van der Waals surface area (Å²) in [7, 11) is 1.61. The van der Waals surface area contributed by atoms with Crippen molar-refractivity contribution in [1.29, 1.82) is 0 Å². The van der Waals surface area contributed by atoms with E-state index in [1.54, 1.807) is 18.9 Å². The Bertz CT molecular complexity index is 1000. The minimum Gasteiger partial charge on any atom is -0.496 e. The maximum atomic E-state index is 12.4. The number of benzene rings is 3. The van der Waals surface area contributed by atoms with Crippen LogP contribution in [0.2, 0.25) is 0 Å². The van der Waals surface area contributed by atoms with Crippen LogP contribution in [0.4, 0.5) is 4.79 Å². The summed E-state index contributed by atoms with van der Waals surface area (Å²) in [6.45, 7) is 0. The van der Waals surface area contributed by atoms with Crippen LogP contribution in [0.25, 0.3) is 5.76 Å². The number of ether oxygens (including phenoxy) is 2. The minimum atomic E-state index is -0.479. The average Bonchev–Trinajstić information content (AvgIpc) is 2.76. The van der Waals surface area contributed by atoms with Gasteiger partial charge in [0.25, 0.3) is 0 Å². The average molecular weight is 389 g/mol. The van der Waals surface area contributed by atoms with Gasteiger partial charge in [0, 0.05) is 4.90 Å². The first-order valence-electron chi connectivity index (χ1n) is 8.90. The van der Waals surface area contributed by atoms with E-state index in [2.05, 4.69) is 5.32 Å². The van der Waals surface area contributed by atoms with Gasteiger partial charge in [0.2, 0.25) is 0 Å². The van der Waals surface area contributed by atoms with Crippen LogP contribution in [0.1, 0.15) is 17.2 Å². The van der Waals surface area contributed by atoms with Crippen LogP contribution in [0.5, 0.6) is 5.75 Å². The predicted molar refractivity (Wildman–Crippen MR) is 111 cm³/mol. The molecule has 0 bridgehead atoms. The van der Waals surface area contributed by atoms with Gasteiger partial charge >= 0.3 is 6.09 Å². The second-order valence-corrected chi connectivity index (χ2v) is 7.30. The van der Waals surface area contributed by atoms with Crippen molar-refractivity contribution >= 4 is 23.6 Å². The van der Waals surface area contributed by atoms with E-state index >= 15 is 0 Å². The van der Waals surface area contributed by atoms with Crippen molar-refractivity contribution in [2.24, 2.45) is 0 Å². The molecule has 4 nitrogen and oxygen atoms in total. The predicted octanol–water partition coefficient (Wildman–Crippen LogP) is 5.64. The molecule has 1 aliphatic rings. The Labute approximate surface area is 168 Å². The normalized spacial score (nSPS) is 16.3. The number of carbonyl (C=O) groups is 1. The number of thioether (sulfide) groups is 1. The summed E-state index contributed by atoms with van der Waals surface area (Å²) in [6, 6.07) is 27.2. The van der Waals surface area contributed by atoms with Crippen LogP contribution in [0.3, 0.4) is 0 Å². The van der Waals surface area contributed by atoms with Gasteiger partial charge in [-0.1, -0.05) is 72.4 Å². The highest BCUT2D eigenvalue weighted by atomic mass is 32.2. The lowest BCUT2D eigenvalue weighted by atomic mass is 10.0. The summed E-state index contributed by atoms with van der Waals surface area (Å²) in [4.78, 5) is 14.4. The molecule has 0 radical (unpaired) electrons. The molecule has 1 N–H and O–H groups in total. The van der Waals surface area contributed by atoms with Gasteiger partial charge in [-0.2, -0.15) is 0 Å². The van der Waals surface area contributed by atoms with Gasteiger partial charge in [-0.05, 0) is 29.8 Å². The van der Waals surface area contributed by atoms with E-state index in [9.17, 15) is 4.79 Å². The molecule has 1 atom stereocenters. The number of amides is 1. The lowest BCUT2D eigenvalue weighted by Crippen LogP contribution is -2.34. The zero-order chi connectivity index (χ0) is 19.3. The Morgan fingerprint density at radius 2 is 1.54 bits per heavy atom. The van der Waals surface area contributed by atoms with Gasteiger partial charge < -0.3 is 14.8 Å². The van der Waals surface area contributed by atoms with E-state index in [0.29, 0.717) is 11.5 Å². The Kier molecular flexibility index (Phi) is 5.35. The molecule has 140 valence electrons. The summed E-state index contributed by atoms with van der Waals surface area (Å²) in [5.41, 5.74) is 1.74. The summed E-state index contributed by atoms with van der Waals surface area (Å²) in [5, 5.41) is 2.96. The fourth-order valence-electron chi connectivity index (χ4n) is 3.11. The third-order valence-electron chi connectivity index (χ3n) is 4.40. The highest BCUT2D eigenvalue weighted by Crippen LogP contribution is 2.45. The summed E-state index contributed by atoms with van der Waals surface area (Å²) in [6.07, 6.45) is -0.479. The molecule has 1 aliphatic heterocycles. The number of cyclic esters (lactones) is 1. The first kappa shape index (κ1) is 18.2. The number of carbonyl (C=O) groups excluding carboxylic acids is 1. The van der Waals surface area contributed by atoms with E-state index in [-0.39, 0.29) is 6.04 Å². The fourth-order valence-corrected chi connectivity index (χ4v) is 4.21. The van der Waals surface area contributed by atoms with Crippen molar-refractivity contribution in [2.75, 3.05) is 7.11 Å². The van der Waals surface area contributed by atoms with Gasteiger partial charge in [-0.25, -0.2) is 4.79 Å². The first-order valence-corrected chi connectivity index (χ1v) is 9.71. The Morgan fingerprint density at radius 1 is 0.893 bits per heavy atom. The second-order valence-electron chi connectivity index (χ2n) is 6.19. The van der Waals surface area contributed by atoms with E-state index in [4.69, 9.17) is 9.47 Å². The molecular formula is C23H19NO3S. The second kappa shape index (κ2) is 8.23. The van der Waals surface area contributed by atoms with Crippen molar-refractivity contribution in [3.63, 3.8) is 0 Å². The van der Waals surface area contributed by atoms with Crippen LogP contribution < -0.4 is 10.1 Å². The molecule has 0 saturated carbocycles. The lowest BCUT2D eigenvalue weighted by Gasteiger charge is -2.29. The number of para-hydroxylation sites is 1. The molecule has 28 heavy (non-hydrogen) atoms. The third kappa shape index (κ3) is 3.75. The van der Waals surface area contributed by atoms with Crippen molar-refractivity contribution in [1.82, 2.24) is 5.32 Å². The molecular weight excluding hydrogens is 370 g/mol. The van der Waals surface area contributed by atoms with Gasteiger partial charge in [0.1, 0.15) is 5.75 Å². The van der Waals surface area contributed by atoms with E-state index < -0.39 is 6.09 Å². The fraction of sp³-hybridized carbons (Fsp3) is 0.0870. The number of rotatable bonds is 5. The molecule has 3 aromatic rings. The zero-order valence-electron chi connectivity index (χ0n) is 15.3. The molecule has 3 aromatic carbocycles. The molecule has 1 heterocycles. The number of alkyl carbamates (subject to hydrolysis) is 1. The molecule has 0 aliphatic carbocycles. The molecule has 0 spiro atoms. The SMILES string of the molecule is COc1ccccc1C1=C(Sc2ccccc2)[C@H](c2ccccc2)NC(=O)O1. The first-order chi connectivity index (χ1) is 13.8. The van der Waals surface area contributed by atoms with Crippen molar-refractivity contribution in [2.45, 2.75) is 10.9 Å². The van der Waals surface area contributed by atoms with E-state index in [0.717, 1.165) is 20.9 Å². The number of hydrogen-bond acceptors (Lipinski definition) is 4. The summed E-state index contributed by atoms with van der Waals surface area (Å²) < 4.78 is 11.2. The van der Waals surface area contributed by atoms with Crippen LogP contribution in [-0.2, 0) is 4.74 Å². The molecule has 0 aromatic heterocycles. The Balaban J connectivity index is 1.90. The molecule has 0 fully saturated rings. The topological polar surface area (TPSA) is 47.6 Å². The van der Waals surface area contributed by atoms with Crippen molar-refractivity contribution in [3.8, 4) is 5.75 Å². The number of nitrogens with one attached hydrogen (secondary N) is 1. The van der Waals surface area contributed by atoms with Crippen molar-refractivity contribution in [3.05, 3.63) is 101 Å². The Hall–Kier alpha value is -3.18. The van der Waals surface area contributed by atoms with Gasteiger partial charge in [0.05, 0.1) is 23.6 Å². The molecule has 0 unspecified atom stereocenters. The van der Waals surface area contributed by atoms with Gasteiger partial charge in [0.15, 0.2) is 5.76 Å². The largest absolute Gasteiger partial charge is 0.496 e. The smallest absolute Gasteiger partial charge is 0.413 e. The van der Waals surface area contributed by atoms with Gasteiger partial charge in [-0.15, -0.1) is 0 Å². The maximum absolute atomic E-state index is 12.4. The number of hydrogen-bond donors (Lipinski definition) is 1. The highest BCUT2D eigenvalue weighted by molar-refractivity contribution is 8.03. The standard InChI is InChI=1S/C23H19NO3S/c1-26-19-15-9-8-14-18(19)21-22(28-17-12-6-3-7-13-17)20(24-23(25)27-21)16-10-4-2-5-11-16/h2-15,20H,1H3,(H,24,25)/t20-/m0/s1. The van der Waals surface area contributed by atoms with Gasteiger partial charge in [-0.3, -0.25) is 0 Å². The van der Waals surface area contributed by atoms with Crippen molar-refractivity contribution < 1.29 is 14.3 Å². The monoisotopic (exact) mass is 389 g/mol. The molecule has 1 amide bonds. The molecule has 0 saturated heterocycles. The summed E-state index contributed by atoms with van der Waals surface area (Å²) >= 11 is 1.58. The summed E-state index contributed by atoms with van der Waals surface area (Å²) in [5.74, 6) is 1.18. The lowest BCUT2D eigenvalue weighted by molar-refractivity contribution is 0.184. The van der Waals surface area contributed by atoms with Crippen LogP contribution in [0, 0.1) is 0 Å². The Morgan fingerprint density at radius 3 is 2.25 bits per heavy atom. The highest BCUT2D eigenvalue weighted by Gasteiger charge is 2.32. The van der Waals surface area contributed by atoms with E-state index in [1.165, 1.54) is 0 Å². The molecule has 4 rings (SSSR count).